The van der Waals surface area contributed by atoms with Gasteiger partial charge in [-0.15, -0.1) is 0 Å². The molecule has 4 heteroatoms. The number of fused-ring (bicyclic) bond motifs is 6. The van der Waals surface area contributed by atoms with Crippen LogP contribution in [0.2, 0.25) is 0 Å². The average Bonchev–Trinajstić information content (AvgIpc) is 3.42. The Labute approximate surface area is 203 Å². The number of anilines is 1. The van der Waals surface area contributed by atoms with E-state index in [2.05, 4.69) is 70.2 Å². The fraction of sp³-hybridized carbons (Fsp3) is 0.194. The molecule has 1 aliphatic heterocycles. The van der Waals surface area contributed by atoms with Gasteiger partial charge in [-0.2, -0.15) is 5.26 Å². The summed E-state index contributed by atoms with van der Waals surface area (Å²) in [5.74, 6) is -0.112. The highest BCUT2D eigenvalue weighted by Gasteiger charge is 2.47. The first-order valence-electron chi connectivity index (χ1n) is 12.3. The maximum atomic E-state index is 15.1. The van der Waals surface area contributed by atoms with Crippen molar-refractivity contribution in [3.63, 3.8) is 0 Å². The van der Waals surface area contributed by atoms with Crippen LogP contribution in [0.4, 0.5) is 10.1 Å². The molecule has 2 aliphatic carbocycles. The summed E-state index contributed by atoms with van der Waals surface area (Å²) >= 11 is 0. The molecular formula is C31H24FN3. The van der Waals surface area contributed by atoms with Crippen LogP contribution in [0, 0.1) is 17.2 Å². The van der Waals surface area contributed by atoms with Gasteiger partial charge in [0, 0.05) is 22.5 Å². The summed E-state index contributed by atoms with van der Waals surface area (Å²) in [5, 5.41) is 12.1. The summed E-state index contributed by atoms with van der Waals surface area (Å²) < 4.78 is 17.3. The molecule has 1 aromatic heterocycles. The molecule has 3 aliphatic rings. The summed E-state index contributed by atoms with van der Waals surface area (Å²) in [7, 11) is 0. The molecule has 170 valence electrons. The van der Waals surface area contributed by atoms with Crippen molar-refractivity contribution >= 4 is 27.5 Å². The number of nitrogens with zero attached hydrogens (tertiary/aromatic N) is 3. The third-order valence-electron chi connectivity index (χ3n) is 7.92. The minimum absolute atomic E-state index is 0.0288. The van der Waals surface area contributed by atoms with E-state index in [-0.39, 0.29) is 23.8 Å². The minimum Gasteiger partial charge on any atom is -0.360 e. The van der Waals surface area contributed by atoms with Crippen LogP contribution >= 0.6 is 0 Å². The van der Waals surface area contributed by atoms with Crippen LogP contribution in [0.3, 0.4) is 0 Å². The summed E-state index contributed by atoms with van der Waals surface area (Å²) in [4.78, 5) is 2.47. The first-order chi connectivity index (χ1) is 17.3. The first-order valence-corrected chi connectivity index (χ1v) is 12.3. The van der Waals surface area contributed by atoms with Crippen molar-refractivity contribution < 1.29 is 4.39 Å². The molecule has 3 atom stereocenters. The molecule has 0 amide bonds. The summed E-state index contributed by atoms with van der Waals surface area (Å²) in [6.07, 6.45) is 10.8. The van der Waals surface area contributed by atoms with Crippen LogP contribution in [0.25, 0.3) is 27.5 Å². The Kier molecular flexibility index (Phi) is 4.47. The normalized spacial score (nSPS) is 23.1. The third kappa shape index (κ3) is 2.88. The van der Waals surface area contributed by atoms with Crippen molar-refractivity contribution in [3.05, 3.63) is 108 Å². The highest BCUT2D eigenvalue weighted by Crippen LogP contribution is 2.49. The SMILES string of the molecule is N#Cc1ccccc1-n1c2ccccc2c2cc(N3C4CC=CC=C4C4C(F)=CCCC43)ccc21. The molecule has 2 heterocycles. The van der Waals surface area contributed by atoms with Crippen LogP contribution in [0.1, 0.15) is 24.8 Å². The molecule has 0 bridgehead atoms. The summed E-state index contributed by atoms with van der Waals surface area (Å²) in [5.41, 5.74) is 6.03. The zero-order valence-electron chi connectivity index (χ0n) is 19.2. The molecule has 35 heavy (non-hydrogen) atoms. The van der Waals surface area contributed by atoms with Crippen LogP contribution in [-0.2, 0) is 0 Å². The molecular weight excluding hydrogens is 433 g/mol. The summed E-state index contributed by atoms with van der Waals surface area (Å²) in [6.45, 7) is 0. The van der Waals surface area contributed by atoms with E-state index in [9.17, 15) is 5.26 Å². The van der Waals surface area contributed by atoms with Gasteiger partial charge in [0.1, 0.15) is 11.9 Å². The van der Waals surface area contributed by atoms with Crippen molar-refractivity contribution in [1.29, 1.82) is 5.26 Å². The lowest BCUT2D eigenvalue weighted by atomic mass is 9.84. The zero-order valence-corrected chi connectivity index (χ0v) is 19.2. The van der Waals surface area contributed by atoms with Crippen LogP contribution in [0.5, 0.6) is 0 Å². The smallest absolute Gasteiger partial charge is 0.105 e. The van der Waals surface area contributed by atoms with Crippen LogP contribution in [-0.4, -0.2) is 16.7 Å². The number of aromatic nitrogens is 1. The topological polar surface area (TPSA) is 32.0 Å². The van der Waals surface area contributed by atoms with Gasteiger partial charge >= 0.3 is 0 Å². The van der Waals surface area contributed by atoms with E-state index in [4.69, 9.17) is 0 Å². The lowest BCUT2D eigenvalue weighted by Crippen LogP contribution is -2.38. The van der Waals surface area contributed by atoms with Crippen LogP contribution < -0.4 is 4.90 Å². The molecule has 1 saturated heterocycles. The molecule has 0 saturated carbocycles. The fourth-order valence-electron chi connectivity index (χ4n) is 6.52. The Morgan fingerprint density at radius 1 is 0.943 bits per heavy atom. The van der Waals surface area contributed by atoms with Gasteiger partial charge in [-0.1, -0.05) is 54.6 Å². The number of halogens is 1. The minimum atomic E-state index is -0.141. The summed E-state index contributed by atoms with van der Waals surface area (Å²) in [6, 6.07) is 25.4. The molecule has 4 aromatic rings. The van der Waals surface area contributed by atoms with E-state index in [1.807, 2.05) is 30.3 Å². The highest BCUT2D eigenvalue weighted by atomic mass is 19.1. The average molecular weight is 458 g/mol. The molecule has 3 aromatic carbocycles. The molecule has 7 rings (SSSR count). The van der Waals surface area contributed by atoms with Crippen molar-refractivity contribution in [3.8, 4) is 11.8 Å². The van der Waals surface area contributed by atoms with Crippen molar-refractivity contribution in [2.75, 3.05) is 4.90 Å². The van der Waals surface area contributed by atoms with Gasteiger partial charge in [0.05, 0.1) is 34.2 Å². The molecule has 0 radical (unpaired) electrons. The molecule has 0 spiro atoms. The second kappa shape index (κ2) is 7.71. The third-order valence-corrected chi connectivity index (χ3v) is 7.92. The van der Waals surface area contributed by atoms with Gasteiger partial charge in [-0.25, -0.2) is 4.39 Å². The lowest BCUT2D eigenvalue weighted by molar-refractivity contribution is 0.421. The predicted molar refractivity (Wildman–Crippen MR) is 139 cm³/mol. The number of allylic oxidation sites excluding steroid dienone is 3. The van der Waals surface area contributed by atoms with Crippen molar-refractivity contribution in [2.45, 2.75) is 31.3 Å². The van der Waals surface area contributed by atoms with Crippen molar-refractivity contribution in [2.24, 2.45) is 5.92 Å². The number of rotatable bonds is 2. The van der Waals surface area contributed by atoms with Gasteiger partial charge in [0.2, 0.25) is 0 Å². The van der Waals surface area contributed by atoms with E-state index in [1.165, 1.54) is 5.57 Å². The Morgan fingerprint density at radius 3 is 2.69 bits per heavy atom. The van der Waals surface area contributed by atoms with Crippen molar-refractivity contribution in [1.82, 2.24) is 4.57 Å². The Morgan fingerprint density at radius 2 is 1.77 bits per heavy atom. The Balaban J connectivity index is 1.45. The number of para-hydroxylation sites is 2. The monoisotopic (exact) mass is 457 g/mol. The standard InChI is InChI=1S/C31H24FN3/c32-25-11-7-15-30-31(25)23-10-3-6-14-28(23)34(30)21-16-17-29-24(18-21)22-9-2-5-13-27(22)35(29)26-12-4-1-8-20(26)19-33/h1-6,8-13,16-18,28,30-31H,7,14-15H2. The van der Waals surface area contributed by atoms with E-state index in [1.54, 1.807) is 6.08 Å². The van der Waals surface area contributed by atoms with Crippen LogP contribution in [0.15, 0.2) is 102 Å². The lowest BCUT2D eigenvalue weighted by Gasteiger charge is -2.34. The molecule has 0 N–H and O–H groups in total. The highest BCUT2D eigenvalue weighted by molar-refractivity contribution is 6.10. The van der Waals surface area contributed by atoms with Gasteiger partial charge in [-0.3, -0.25) is 0 Å². The largest absolute Gasteiger partial charge is 0.360 e. The van der Waals surface area contributed by atoms with E-state index < -0.39 is 0 Å². The predicted octanol–water partition coefficient (Wildman–Crippen LogP) is 7.36. The quantitative estimate of drug-likeness (QED) is 0.315. The second-order valence-electron chi connectivity index (χ2n) is 9.65. The van der Waals surface area contributed by atoms with E-state index >= 15 is 4.39 Å². The molecule has 1 fully saturated rings. The van der Waals surface area contributed by atoms with Gasteiger partial charge in [-0.05, 0) is 61.2 Å². The van der Waals surface area contributed by atoms with Gasteiger partial charge in [0.25, 0.3) is 0 Å². The fourth-order valence-corrected chi connectivity index (χ4v) is 6.52. The number of nitriles is 1. The number of benzene rings is 3. The number of hydrogen-bond donors (Lipinski definition) is 0. The number of hydrogen-bond acceptors (Lipinski definition) is 2. The molecule has 3 nitrogen and oxygen atoms in total. The second-order valence-corrected chi connectivity index (χ2v) is 9.65. The van der Waals surface area contributed by atoms with E-state index in [0.717, 1.165) is 52.4 Å². The van der Waals surface area contributed by atoms with Gasteiger partial charge in [0.15, 0.2) is 0 Å². The maximum absolute atomic E-state index is 15.1. The van der Waals surface area contributed by atoms with E-state index in [0.29, 0.717) is 5.56 Å². The Bertz CT molecular complexity index is 1630. The maximum Gasteiger partial charge on any atom is 0.105 e. The molecule has 3 unspecified atom stereocenters. The first kappa shape index (κ1) is 20.3. The van der Waals surface area contributed by atoms with Gasteiger partial charge < -0.3 is 9.47 Å². The zero-order chi connectivity index (χ0) is 23.5. The Hall–Kier alpha value is -4.10.